The highest BCUT2D eigenvalue weighted by Crippen LogP contribution is 2.13. The van der Waals surface area contributed by atoms with Crippen LogP contribution in [0.25, 0.3) is 0 Å². The average molecular weight is 254 g/mol. The summed E-state index contributed by atoms with van der Waals surface area (Å²) in [6.07, 6.45) is 2.98. The van der Waals surface area contributed by atoms with Gasteiger partial charge in [0.25, 0.3) is 0 Å². The molecule has 1 aliphatic rings. The number of amides is 1. The summed E-state index contributed by atoms with van der Waals surface area (Å²) in [6.45, 7) is 0.554. The quantitative estimate of drug-likeness (QED) is 0.655. The van der Waals surface area contributed by atoms with Crippen molar-refractivity contribution in [2.24, 2.45) is 0 Å². The summed E-state index contributed by atoms with van der Waals surface area (Å²) in [5.74, 6) is -1.39. The van der Waals surface area contributed by atoms with Crippen LogP contribution >= 0.6 is 0 Å². The van der Waals surface area contributed by atoms with Crippen LogP contribution in [0.15, 0.2) is 0 Å². The number of nitriles is 1. The van der Waals surface area contributed by atoms with Gasteiger partial charge in [0, 0.05) is 13.0 Å². The average Bonchev–Trinajstić information content (AvgIpc) is 2.86. The maximum Gasteiger partial charge on any atom is 0.326 e. The van der Waals surface area contributed by atoms with Crippen LogP contribution in [0.2, 0.25) is 0 Å². The molecule has 2 N–H and O–H groups in total. The fraction of sp³-hybridized carbons (Fsp3) is 0.750. The van der Waals surface area contributed by atoms with Gasteiger partial charge in [-0.25, -0.2) is 4.79 Å². The van der Waals surface area contributed by atoms with Crippen molar-refractivity contribution in [3.8, 4) is 6.07 Å². The molecule has 1 amide bonds. The number of nitrogens with one attached hydrogen (secondary N) is 1. The van der Waals surface area contributed by atoms with Gasteiger partial charge in [-0.2, -0.15) is 5.26 Å². The van der Waals surface area contributed by atoms with E-state index in [1.807, 2.05) is 6.07 Å². The van der Waals surface area contributed by atoms with Crippen LogP contribution < -0.4 is 5.32 Å². The number of ether oxygens (including phenoxy) is 1. The highest BCUT2D eigenvalue weighted by Gasteiger charge is 2.27. The van der Waals surface area contributed by atoms with Crippen LogP contribution in [0.5, 0.6) is 0 Å². The molecule has 2 atom stereocenters. The first-order valence-corrected chi connectivity index (χ1v) is 6.17. The second-order valence-corrected chi connectivity index (χ2v) is 4.30. The lowest BCUT2D eigenvalue weighted by Gasteiger charge is -2.16. The van der Waals surface area contributed by atoms with Gasteiger partial charge < -0.3 is 15.2 Å². The Morgan fingerprint density at radius 2 is 2.28 bits per heavy atom. The number of carbonyl (C=O) groups is 2. The number of carboxylic acids is 1. The van der Waals surface area contributed by atoms with Gasteiger partial charge in [0.2, 0.25) is 5.91 Å². The fourth-order valence-corrected chi connectivity index (χ4v) is 1.86. The molecule has 1 rings (SSSR count). The number of carboxylic acid groups (broad SMARTS) is 1. The van der Waals surface area contributed by atoms with E-state index in [-0.39, 0.29) is 5.91 Å². The minimum absolute atomic E-state index is 0.343. The standard InChI is InChI=1S/C12H18N2O4/c13-7-3-1-2-5-9(12(16)17)14-11(15)10-6-4-8-18-10/h9-10H,1-6,8H2,(H,14,15)(H,16,17)/t9-,10-/m1/s1. The van der Waals surface area contributed by atoms with Crippen molar-refractivity contribution in [3.05, 3.63) is 0 Å². The molecular weight excluding hydrogens is 236 g/mol. The van der Waals surface area contributed by atoms with E-state index in [1.165, 1.54) is 0 Å². The van der Waals surface area contributed by atoms with Crippen molar-refractivity contribution < 1.29 is 19.4 Å². The highest BCUT2D eigenvalue weighted by atomic mass is 16.5. The van der Waals surface area contributed by atoms with Crippen molar-refractivity contribution in [3.63, 3.8) is 0 Å². The van der Waals surface area contributed by atoms with Gasteiger partial charge in [0.1, 0.15) is 12.1 Å². The van der Waals surface area contributed by atoms with E-state index in [2.05, 4.69) is 5.32 Å². The largest absolute Gasteiger partial charge is 0.480 e. The Kier molecular flexibility index (Phi) is 6.15. The van der Waals surface area contributed by atoms with Gasteiger partial charge in [-0.05, 0) is 32.1 Å². The number of unbranched alkanes of at least 4 members (excludes halogenated alkanes) is 2. The third-order valence-corrected chi connectivity index (χ3v) is 2.87. The molecular formula is C12H18N2O4. The van der Waals surface area contributed by atoms with Crippen LogP contribution in [0, 0.1) is 11.3 Å². The number of hydrogen-bond donors (Lipinski definition) is 2. The molecule has 0 bridgehead atoms. The maximum absolute atomic E-state index is 11.7. The van der Waals surface area contributed by atoms with Gasteiger partial charge in [-0.15, -0.1) is 0 Å². The molecule has 0 radical (unpaired) electrons. The first-order valence-electron chi connectivity index (χ1n) is 6.17. The van der Waals surface area contributed by atoms with Crippen molar-refractivity contribution in [2.45, 2.75) is 50.7 Å². The van der Waals surface area contributed by atoms with E-state index in [4.69, 9.17) is 15.1 Å². The Labute approximate surface area is 106 Å². The fourth-order valence-electron chi connectivity index (χ4n) is 1.86. The highest BCUT2D eigenvalue weighted by molar-refractivity contribution is 5.86. The summed E-state index contributed by atoms with van der Waals surface area (Å²) in [7, 11) is 0. The van der Waals surface area contributed by atoms with Gasteiger partial charge in [-0.3, -0.25) is 4.79 Å². The predicted octanol–water partition coefficient (Wildman–Crippen LogP) is 0.819. The van der Waals surface area contributed by atoms with Crippen LogP contribution in [-0.4, -0.2) is 35.7 Å². The molecule has 18 heavy (non-hydrogen) atoms. The van der Waals surface area contributed by atoms with Crippen molar-refractivity contribution in [1.82, 2.24) is 5.32 Å². The Bertz CT molecular complexity index is 331. The van der Waals surface area contributed by atoms with Crippen LogP contribution in [0.4, 0.5) is 0 Å². The minimum atomic E-state index is -1.04. The number of carbonyl (C=O) groups excluding carboxylic acids is 1. The molecule has 6 heteroatoms. The molecule has 100 valence electrons. The van der Waals surface area contributed by atoms with Crippen LogP contribution in [0.3, 0.4) is 0 Å². The van der Waals surface area contributed by atoms with Gasteiger partial charge in [0.15, 0.2) is 0 Å². The molecule has 1 aliphatic heterocycles. The molecule has 0 aromatic heterocycles. The monoisotopic (exact) mass is 254 g/mol. The number of nitrogens with zero attached hydrogens (tertiary/aromatic N) is 1. The normalized spacial score (nSPS) is 20.1. The summed E-state index contributed by atoms with van der Waals surface area (Å²) in [5, 5.41) is 19.9. The molecule has 0 aromatic carbocycles. The topological polar surface area (TPSA) is 99.4 Å². The molecule has 6 nitrogen and oxygen atoms in total. The molecule has 1 saturated heterocycles. The summed E-state index contributed by atoms with van der Waals surface area (Å²) >= 11 is 0. The van der Waals surface area contributed by atoms with E-state index >= 15 is 0 Å². The maximum atomic E-state index is 11.7. The summed E-state index contributed by atoms with van der Waals surface area (Å²) in [4.78, 5) is 22.7. The molecule has 1 fully saturated rings. The second kappa shape index (κ2) is 7.67. The Balaban J connectivity index is 2.34. The lowest BCUT2D eigenvalue weighted by molar-refractivity contribution is -0.143. The van der Waals surface area contributed by atoms with Gasteiger partial charge in [0.05, 0.1) is 6.07 Å². The second-order valence-electron chi connectivity index (χ2n) is 4.30. The van der Waals surface area contributed by atoms with Crippen molar-refractivity contribution >= 4 is 11.9 Å². The minimum Gasteiger partial charge on any atom is -0.480 e. The van der Waals surface area contributed by atoms with Gasteiger partial charge in [-0.1, -0.05) is 0 Å². The van der Waals surface area contributed by atoms with Gasteiger partial charge >= 0.3 is 5.97 Å². The zero-order valence-electron chi connectivity index (χ0n) is 10.2. The van der Waals surface area contributed by atoms with Crippen molar-refractivity contribution in [1.29, 1.82) is 5.26 Å². The predicted molar refractivity (Wildman–Crippen MR) is 62.6 cm³/mol. The molecule has 0 spiro atoms. The molecule has 0 aliphatic carbocycles. The first kappa shape index (κ1) is 14.5. The Morgan fingerprint density at radius 3 is 2.83 bits per heavy atom. The smallest absolute Gasteiger partial charge is 0.326 e. The van der Waals surface area contributed by atoms with E-state index in [0.29, 0.717) is 38.7 Å². The lowest BCUT2D eigenvalue weighted by atomic mass is 10.1. The third kappa shape index (κ3) is 4.72. The summed E-state index contributed by atoms with van der Waals surface area (Å²) in [5.41, 5.74) is 0. The third-order valence-electron chi connectivity index (χ3n) is 2.87. The number of hydrogen-bond acceptors (Lipinski definition) is 4. The molecule has 1 heterocycles. The molecule has 0 aromatic rings. The number of rotatable bonds is 7. The zero-order chi connectivity index (χ0) is 13.4. The van der Waals surface area contributed by atoms with E-state index in [1.54, 1.807) is 0 Å². The molecule has 0 saturated carbocycles. The Morgan fingerprint density at radius 1 is 1.50 bits per heavy atom. The van der Waals surface area contributed by atoms with E-state index in [9.17, 15) is 9.59 Å². The van der Waals surface area contributed by atoms with Crippen LogP contribution in [-0.2, 0) is 14.3 Å². The number of aliphatic carboxylic acids is 1. The van der Waals surface area contributed by atoms with Crippen molar-refractivity contribution in [2.75, 3.05) is 6.61 Å². The zero-order valence-corrected chi connectivity index (χ0v) is 10.2. The van der Waals surface area contributed by atoms with E-state index in [0.717, 1.165) is 6.42 Å². The van der Waals surface area contributed by atoms with E-state index < -0.39 is 18.1 Å². The summed E-state index contributed by atoms with van der Waals surface area (Å²) in [6, 6.07) is 1.11. The summed E-state index contributed by atoms with van der Waals surface area (Å²) < 4.78 is 5.19. The molecule has 0 unspecified atom stereocenters. The lowest BCUT2D eigenvalue weighted by Crippen LogP contribution is -2.45. The first-order chi connectivity index (χ1) is 8.65. The van der Waals surface area contributed by atoms with Crippen LogP contribution in [0.1, 0.15) is 38.5 Å². The SMILES string of the molecule is N#CCCCC[C@@H](NC(=O)[C@H]1CCCO1)C(=O)O. The Hall–Kier alpha value is -1.61.